The van der Waals surface area contributed by atoms with Gasteiger partial charge < -0.3 is 9.73 Å². The predicted molar refractivity (Wildman–Crippen MR) is 91.6 cm³/mol. The monoisotopic (exact) mass is 353 g/mol. The van der Waals surface area contributed by atoms with Crippen LogP contribution in [0.5, 0.6) is 0 Å². The smallest absolute Gasteiger partial charge is 0.185 e. The quantitative estimate of drug-likeness (QED) is 0.628. The molecule has 0 amide bonds. The Labute approximate surface area is 144 Å². The van der Waals surface area contributed by atoms with Crippen molar-refractivity contribution < 1.29 is 14.0 Å². The number of carbonyl (C=O) groups is 2. The lowest BCUT2D eigenvalue weighted by molar-refractivity contribution is 0.0981. The van der Waals surface area contributed by atoms with Crippen molar-refractivity contribution in [2.45, 2.75) is 26.3 Å². The Hall–Kier alpha value is -1.62. The summed E-state index contributed by atoms with van der Waals surface area (Å²) in [6.45, 7) is 6.12. The van der Waals surface area contributed by atoms with Crippen LogP contribution in [-0.4, -0.2) is 24.2 Å². The molecule has 0 bridgehead atoms. The van der Waals surface area contributed by atoms with Crippen LogP contribution in [0.3, 0.4) is 0 Å². The standard InChI is InChI=1S/C17H17Cl2NO3/c1-17(2,3)20-8-14(22)10-6-12(18)16(13(19)7-10)15-5-4-11(9-21)23-15/h4-7,9,20H,8H2,1-3H3. The molecule has 2 aromatic rings. The molecule has 122 valence electrons. The molecule has 2 rings (SSSR count). The number of rotatable bonds is 5. The van der Waals surface area contributed by atoms with Gasteiger partial charge in [0, 0.05) is 11.1 Å². The van der Waals surface area contributed by atoms with Gasteiger partial charge in [-0.3, -0.25) is 9.59 Å². The van der Waals surface area contributed by atoms with E-state index in [2.05, 4.69) is 5.32 Å². The van der Waals surface area contributed by atoms with Crippen LogP contribution in [0.1, 0.15) is 41.7 Å². The Morgan fingerprint density at radius 3 is 2.30 bits per heavy atom. The second-order valence-electron chi connectivity index (χ2n) is 6.16. The van der Waals surface area contributed by atoms with Crippen LogP contribution < -0.4 is 5.32 Å². The summed E-state index contributed by atoms with van der Waals surface area (Å²) in [7, 11) is 0. The Kier molecular flexibility index (Phi) is 5.30. The third kappa shape index (κ3) is 4.44. The van der Waals surface area contributed by atoms with Crippen LogP contribution >= 0.6 is 23.2 Å². The highest BCUT2D eigenvalue weighted by atomic mass is 35.5. The van der Waals surface area contributed by atoms with Gasteiger partial charge >= 0.3 is 0 Å². The van der Waals surface area contributed by atoms with Crippen molar-refractivity contribution in [1.82, 2.24) is 5.32 Å². The maximum absolute atomic E-state index is 12.2. The van der Waals surface area contributed by atoms with E-state index in [1.54, 1.807) is 18.2 Å². The van der Waals surface area contributed by atoms with Crippen molar-refractivity contribution in [1.29, 1.82) is 0 Å². The molecule has 0 aliphatic heterocycles. The first-order chi connectivity index (χ1) is 10.7. The number of hydrogen-bond donors (Lipinski definition) is 1. The van der Waals surface area contributed by atoms with Crippen molar-refractivity contribution in [2.24, 2.45) is 0 Å². The fourth-order valence-corrected chi connectivity index (χ4v) is 2.64. The Bertz CT molecular complexity index is 722. The highest BCUT2D eigenvalue weighted by molar-refractivity contribution is 6.39. The molecule has 0 spiro atoms. The molecule has 0 unspecified atom stereocenters. The number of nitrogens with one attached hydrogen (secondary N) is 1. The second kappa shape index (κ2) is 6.87. The zero-order valence-electron chi connectivity index (χ0n) is 13.1. The predicted octanol–water partition coefficient (Wildman–Crippen LogP) is 4.64. The molecule has 0 saturated heterocycles. The van der Waals surface area contributed by atoms with Gasteiger partial charge in [0.05, 0.1) is 22.2 Å². The van der Waals surface area contributed by atoms with E-state index in [0.29, 0.717) is 33.2 Å². The number of aldehydes is 1. The summed E-state index contributed by atoms with van der Waals surface area (Å²) >= 11 is 12.5. The maximum Gasteiger partial charge on any atom is 0.185 e. The summed E-state index contributed by atoms with van der Waals surface area (Å²) in [6, 6.07) is 6.25. The topological polar surface area (TPSA) is 59.3 Å². The molecule has 0 radical (unpaired) electrons. The van der Waals surface area contributed by atoms with Crippen LogP contribution in [0.2, 0.25) is 10.0 Å². The maximum atomic E-state index is 12.2. The number of carbonyl (C=O) groups excluding carboxylic acids is 2. The zero-order chi connectivity index (χ0) is 17.2. The van der Waals surface area contributed by atoms with Gasteiger partial charge in [0.2, 0.25) is 0 Å². The van der Waals surface area contributed by atoms with E-state index in [1.165, 1.54) is 6.07 Å². The molecule has 0 saturated carbocycles. The van der Waals surface area contributed by atoms with E-state index in [4.69, 9.17) is 27.6 Å². The van der Waals surface area contributed by atoms with Gasteiger partial charge in [-0.05, 0) is 45.0 Å². The van der Waals surface area contributed by atoms with E-state index < -0.39 is 0 Å². The van der Waals surface area contributed by atoms with Gasteiger partial charge in [0.25, 0.3) is 0 Å². The molecular weight excluding hydrogens is 337 g/mol. The van der Waals surface area contributed by atoms with Crippen molar-refractivity contribution in [2.75, 3.05) is 6.54 Å². The van der Waals surface area contributed by atoms with Crippen molar-refractivity contribution in [3.8, 4) is 11.3 Å². The van der Waals surface area contributed by atoms with Crippen LogP contribution in [0, 0.1) is 0 Å². The zero-order valence-corrected chi connectivity index (χ0v) is 14.6. The molecule has 0 fully saturated rings. The Morgan fingerprint density at radius 1 is 1.22 bits per heavy atom. The molecular formula is C17H17Cl2NO3. The highest BCUT2D eigenvalue weighted by Gasteiger charge is 2.18. The first-order valence-corrected chi connectivity index (χ1v) is 7.79. The molecule has 4 nitrogen and oxygen atoms in total. The van der Waals surface area contributed by atoms with Crippen molar-refractivity contribution in [3.05, 3.63) is 45.6 Å². The van der Waals surface area contributed by atoms with Gasteiger partial charge in [-0.1, -0.05) is 23.2 Å². The van der Waals surface area contributed by atoms with Gasteiger partial charge in [0.15, 0.2) is 17.8 Å². The summed E-state index contributed by atoms with van der Waals surface area (Å²) in [6.07, 6.45) is 0.599. The van der Waals surface area contributed by atoms with E-state index in [9.17, 15) is 9.59 Å². The molecule has 1 heterocycles. The molecule has 1 N–H and O–H groups in total. The van der Waals surface area contributed by atoms with Crippen LogP contribution in [0.15, 0.2) is 28.7 Å². The third-order valence-electron chi connectivity index (χ3n) is 3.13. The van der Waals surface area contributed by atoms with Crippen molar-refractivity contribution in [3.63, 3.8) is 0 Å². The van der Waals surface area contributed by atoms with E-state index >= 15 is 0 Å². The molecule has 1 aromatic heterocycles. The Morgan fingerprint density at radius 2 is 1.83 bits per heavy atom. The van der Waals surface area contributed by atoms with E-state index in [0.717, 1.165) is 0 Å². The van der Waals surface area contributed by atoms with E-state index in [1.807, 2.05) is 20.8 Å². The van der Waals surface area contributed by atoms with Gasteiger partial charge in [-0.25, -0.2) is 0 Å². The lowest BCUT2D eigenvalue weighted by Crippen LogP contribution is -2.39. The molecule has 0 aliphatic rings. The average Bonchev–Trinajstić information content (AvgIpc) is 2.91. The molecule has 23 heavy (non-hydrogen) atoms. The molecule has 1 aromatic carbocycles. The average molecular weight is 354 g/mol. The number of ketones is 1. The Balaban J connectivity index is 2.30. The summed E-state index contributed by atoms with van der Waals surface area (Å²) in [5.41, 5.74) is 0.715. The first-order valence-electron chi connectivity index (χ1n) is 7.04. The first kappa shape index (κ1) is 17.7. The lowest BCUT2D eigenvalue weighted by atomic mass is 10.0. The number of halogens is 2. The minimum absolute atomic E-state index is 0.108. The normalized spacial score (nSPS) is 11.5. The van der Waals surface area contributed by atoms with Gasteiger partial charge in [-0.2, -0.15) is 0 Å². The second-order valence-corrected chi connectivity index (χ2v) is 6.98. The minimum Gasteiger partial charge on any atom is -0.453 e. The van der Waals surface area contributed by atoms with Gasteiger partial charge in [-0.15, -0.1) is 0 Å². The number of hydrogen-bond acceptors (Lipinski definition) is 4. The fraction of sp³-hybridized carbons (Fsp3) is 0.294. The number of furan rings is 1. The van der Waals surface area contributed by atoms with Crippen LogP contribution in [0.4, 0.5) is 0 Å². The van der Waals surface area contributed by atoms with E-state index in [-0.39, 0.29) is 23.6 Å². The summed E-state index contributed by atoms with van der Waals surface area (Å²) < 4.78 is 5.34. The summed E-state index contributed by atoms with van der Waals surface area (Å²) in [4.78, 5) is 23.0. The van der Waals surface area contributed by atoms with Crippen molar-refractivity contribution >= 4 is 35.3 Å². The number of benzene rings is 1. The highest BCUT2D eigenvalue weighted by Crippen LogP contribution is 2.36. The molecule has 6 heteroatoms. The minimum atomic E-state index is -0.164. The summed E-state index contributed by atoms with van der Waals surface area (Å²) in [5, 5.41) is 3.71. The van der Waals surface area contributed by atoms with Gasteiger partial charge in [0.1, 0.15) is 5.76 Å². The molecule has 0 atom stereocenters. The fourth-order valence-electron chi connectivity index (χ4n) is 1.97. The SMILES string of the molecule is CC(C)(C)NCC(=O)c1cc(Cl)c(-c2ccc(C=O)o2)c(Cl)c1. The summed E-state index contributed by atoms with van der Waals surface area (Å²) in [5.74, 6) is 0.457. The van der Waals surface area contributed by atoms with Crippen LogP contribution in [0.25, 0.3) is 11.3 Å². The number of Topliss-reactive ketones (excluding diaryl/α,β-unsaturated/α-hetero) is 1. The lowest BCUT2D eigenvalue weighted by Gasteiger charge is -2.20. The molecule has 0 aliphatic carbocycles. The largest absolute Gasteiger partial charge is 0.453 e. The van der Waals surface area contributed by atoms with Crippen LogP contribution in [-0.2, 0) is 0 Å². The third-order valence-corrected chi connectivity index (χ3v) is 3.73.